The molecular formula is C25H37NO9S. The van der Waals surface area contributed by atoms with Gasteiger partial charge in [0.1, 0.15) is 0 Å². The van der Waals surface area contributed by atoms with Crippen LogP contribution in [-0.4, -0.2) is 63.2 Å². The number of esters is 2. The van der Waals surface area contributed by atoms with Crippen LogP contribution in [0.3, 0.4) is 0 Å². The lowest BCUT2D eigenvalue weighted by atomic mass is 9.82. The van der Waals surface area contributed by atoms with E-state index in [1.54, 1.807) is 12.1 Å². The van der Waals surface area contributed by atoms with Gasteiger partial charge in [0.15, 0.2) is 6.10 Å². The molecule has 0 bridgehead atoms. The number of aliphatic hydroxyl groups is 1. The quantitative estimate of drug-likeness (QED) is 0.171. The van der Waals surface area contributed by atoms with Gasteiger partial charge in [0, 0.05) is 18.9 Å². The normalized spacial score (nSPS) is 15.7. The molecule has 11 heteroatoms. The number of aliphatic hydroxyl groups excluding tert-OH is 1. The zero-order valence-corrected chi connectivity index (χ0v) is 22.0. The predicted molar refractivity (Wildman–Crippen MR) is 131 cm³/mol. The van der Waals surface area contributed by atoms with E-state index >= 15 is 0 Å². The average molecular weight is 528 g/mol. The summed E-state index contributed by atoms with van der Waals surface area (Å²) in [6.07, 6.45) is 3.86. The third-order valence-electron chi connectivity index (χ3n) is 6.14. The number of rotatable bonds is 13. The first-order valence-electron chi connectivity index (χ1n) is 12.2. The van der Waals surface area contributed by atoms with Crippen molar-refractivity contribution in [2.75, 3.05) is 25.7 Å². The number of carbonyl (C=O) groups is 3. The Balaban J connectivity index is 1.82. The van der Waals surface area contributed by atoms with Gasteiger partial charge < -0.3 is 19.9 Å². The minimum Gasteiger partial charge on any atom is -0.426 e. The SMILES string of the molecule is CC(=O)NCCCS(=O)(=O)OCC(C)(C)[C@@H](O)C(=O)OCOC(=O)c1ccccc1C1CCCCC1. The van der Waals surface area contributed by atoms with Crippen molar-refractivity contribution in [1.29, 1.82) is 0 Å². The van der Waals surface area contributed by atoms with Crippen LogP contribution in [-0.2, 0) is 33.4 Å². The fourth-order valence-corrected chi connectivity index (χ4v) is 5.06. The van der Waals surface area contributed by atoms with Crippen LogP contribution in [0.2, 0.25) is 0 Å². The molecule has 0 radical (unpaired) electrons. The van der Waals surface area contributed by atoms with Gasteiger partial charge in [0.25, 0.3) is 10.1 Å². The first-order chi connectivity index (χ1) is 16.9. The highest BCUT2D eigenvalue weighted by Crippen LogP contribution is 2.34. The van der Waals surface area contributed by atoms with Crippen molar-refractivity contribution >= 4 is 28.0 Å². The van der Waals surface area contributed by atoms with Gasteiger partial charge in [-0.2, -0.15) is 8.42 Å². The zero-order chi connectivity index (χ0) is 26.8. The summed E-state index contributed by atoms with van der Waals surface area (Å²) in [5.74, 6) is -2.00. The molecule has 1 saturated carbocycles. The first-order valence-corrected chi connectivity index (χ1v) is 13.7. The Kier molecular flexibility index (Phi) is 11.3. The molecule has 36 heavy (non-hydrogen) atoms. The van der Waals surface area contributed by atoms with Crippen molar-refractivity contribution in [2.24, 2.45) is 5.41 Å². The Hall–Kier alpha value is -2.50. The lowest BCUT2D eigenvalue weighted by Gasteiger charge is -2.28. The van der Waals surface area contributed by atoms with E-state index in [0.29, 0.717) is 5.56 Å². The van der Waals surface area contributed by atoms with E-state index in [0.717, 1.165) is 31.2 Å². The molecule has 1 aromatic carbocycles. The molecule has 0 saturated heterocycles. The van der Waals surface area contributed by atoms with Gasteiger partial charge in [0.05, 0.1) is 17.9 Å². The summed E-state index contributed by atoms with van der Waals surface area (Å²) < 4.78 is 39.1. The van der Waals surface area contributed by atoms with Crippen LogP contribution in [0, 0.1) is 5.41 Å². The molecule has 1 fully saturated rings. The van der Waals surface area contributed by atoms with Crippen LogP contribution < -0.4 is 5.32 Å². The molecular weight excluding hydrogens is 490 g/mol. The summed E-state index contributed by atoms with van der Waals surface area (Å²) in [7, 11) is -3.93. The standard InChI is InChI=1S/C25H37NO9S/c1-18(27)26-14-9-15-36(31,32)35-16-25(2,3)22(28)24(30)34-17-33-23(29)21-13-8-7-12-20(21)19-10-5-4-6-11-19/h7-8,12-13,19,22,28H,4-6,9-11,14-17H2,1-3H3,(H,26,27)/t22-/m0/s1. The molecule has 1 amide bonds. The number of amides is 1. The minimum absolute atomic E-state index is 0.155. The van der Waals surface area contributed by atoms with E-state index in [1.165, 1.54) is 27.2 Å². The van der Waals surface area contributed by atoms with E-state index in [-0.39, 0.29) is 30.5 Å². The summed E-state index contributed by atoms with van der Waals surface area (Å²) in [6.45, 7) is 3.23. The molecule has 1 atom stereocenters. The molecule has 0 aliphatic heterocycles. The molecule has 202 valence electrons. The Morgan fingerprint density at radius 1 is 1.11 bits per heavy atom. The Bertz CT molecular complexity index is 1000. The second-order valence-electron chi connectivity index (χ2n) is 9.69. The van der Waals surface area contributed by atoms with E-state index < -0.39 is 47.0 Å². The summed E-state index contributed by atoms with van der Waals surface area (Å²) in [6, 6.07) is 7.22. The molecule has 2 N–H and O–H groups in total. The van der Waals surface area contributed by atoms with E-state index in [1.807, 2.05) is 12.1 Å². The van der Waals surface area contributed by atoms with E-state index in [9.17, 15) is 27.9 Å². The first kappa shape index (κ1) is 29.7. The van der Waals surface area contributed by atoms with Crippen LogP contribution in [0.1, 0.15) is 81.1 Å². The van der Waals surface area contributed by atoms with Crippen molar-refractivity contribution in [3.8, 4) is 0 Å². The van der Waals surface area contributed by atoms with Crippen LogP contribution in [0.15, 0.2) is 24.3 Å². The van der Waals surface area contributed by atoms with Crippen LogP contribution in [0.4, 0.5) is 0 Å². The largest absolute Gasteiger partial charge is 0.426 e. The van der Waals surface area contributed by atoms with Crippen molar-refractivity contribution < 1.29 is 41.6 Å². The van der Waals surface area contributed by atoms with Crippen LogP contribution in [0.5, 0.6) is 0 Å². The maximum Gasteiger partial charge on any atom is 0.341 e. The zero-order valence-electron chi connectivity index (χ0n) is 21.2. The number of ether oxygens (including phenoxy) is 2. The number of benzene rings is 1. The molecule has 10 nitrogen and oxygen atoms in total. The Morgan fingerprint density at radius 3 is 2.44 bits per heavy atom. The Morgan fingerprint density at radius 2 is 1.78 bits per heavy atom. The van der Waals surface area contributed by atoms with Crippen molar-refractivity contribution in [1.82, 2.24) is 5.32 Å². The van der Waals surface area contributed by atoms with Gasteiger partial charge in [-0.15, -0.1) is 0 Å². The molecule has 0 unspecified atom stereocenters. The second-order valence-corrected chi connectivity index (χ2v) is 11.4. The highest BCUT2D eigenvalue weighted by atomic mass is 32.2. The van der Waals surface area contributed by atoms with Crippen molar-refractivity contribution in [3.63, 3.8) is 0 Å². The second kappa shape index (κ2) is 13.7. The molecule has 0 heterocycles. The third-order valence-corrected chi connectivity index (χ3v) is 7.40. The fraction of sp³-hybridized carbons (Fsp3) is 0.640. The number of nitrogens with one attached hydrogen (secondary N) is 1. The van der Waals surface area contributed by atoms with Crippen LogP contribution in [0.25, 0.3) is 0 Å². The lowest BCUT2D eigenvalue weighted by Crippen LogP contribution is -2.42. The van der Waals surface area contributed by atoms with Crippen molar-refractivity contribution in [3.05, 3.63) is 35.4 Å². The van der Waals surface area contributed by atoms with E-state index in [2.05, 4.69) is 5.32 Å². The summed E-state index contributed by atoms with van der Waals surface area (Å²) in [4.78, 5) is 35.8. The maximum atomic E-state index is 12.6. The number of hydrogen-bond donors (Lipinski definition) is 2. The molecule has 2 rings (SSSR count). The van der Waals surface area contributed by atoms with Gasteiger partial charge in [-0.3, -0.25) is 8.98 Å². The highest BCUT2D eigenvalue weighted by Gasteiger charge is 2.37. The van der Waals surface area contributed by atoms with Crippen molar-refractivity contribution in [2.45, 2.75) is 71.3 Å². The molecule has 1 aromatic rings. The van der Waals surface area contributed by atoms with Gasteiger partial charge in [0.2, 0.25) is 12.7 Å². The van der Waals surface area contributed by atoms with Gasteiger partial charge in [-0.25, -0.2) is 9.59 Å². The average Bonchev–Trinajstić information content (AvgIpc) is 2.85. The highest BCUT2D eigenvalue weighted by molar-refractivity contribution is 7.86. The summed E-state index contributed by atoms with van der Waals surface area (Å²) in [5, 5.41) is 12.9. The van der Waals surface area contributed by atoms with Gasteiger partial charge >= 0.3 is 11.9 Å². The molecule has 0 aromatic heterocycles. The summed E-state index contributed by atoms with van der Waals surface area (Å²) >= 11 is 0. The molecule has 1 aliphatic carbocycles. The third kappa shape index (κ3) is 9.51. The summed E-state index contributed by atoms with van der Waals surface area (Å²) in [5.41, 5.74) is 0.0444. The molecule has 0 spiro atoms. The minimum atomic E-state index is -3.93. The Labute approximate surface area is 212 Å². The molecule has 1 aliphatic rings. The topological polar surface area (TPSA) is 145 Å². The maximum absolute atomic E-state index is 12.6. The number of hydrogen-bond acceptors (Lipinski definition) is 9. The van der Waals surface area contributed by atoms with Gasteiger partial charge in [-0.1, -0.05) is 51.3 Å². The fourth-order valence-electron chi connectivity index (χ4n) is 3.96. The predicted octanol–water partition coefficient (Wildman–Crippen LogP) is 2.65. The van der Waals surface area contributed by atoms with Crippen LogP contribution >= 0.6 is 0 Å². The van der Waals surface area contributed by atoms with E-state index in [4.69, 9.17) is 13.7 Å². The lowest BCUT2D eigenvalue weighted by molar-refractivity contribution is -0.169. The smallest absolute Gasteiger partial charge is 0.341 e. The monoisotopic (exact) mass is 527 g/mol. The van der Waals surface area contributed by atoms with Gasteiger partial charge in [-0.05, 0) is 36.8 Å². The number of carbonyl (C=O) groups excluding carboxylic acids is 3.